The fraction of sp³-hybridized carbons (Fsp3) is 1.00. The molecule has 4 heteroatoms. The second-order valence-electron chi connectivity index (χ2n) is 4.20. The van der Waals surface area contributed by atoms with Crippen LogP contribution in [0, 0.1) is 0 Å². The second-order valence-corrected chi connectivity index (χ2v) is 6.05. The SMILES string of the molecule is CCCCCC(CCCCC)S(N)(=O)=O. The van der Waals surface area contributed by atoms with Gasteiger partial charge in [-0.2, -0.15) is 0 Å². The van der Waals surface area contributed by atoms with Crippen molar-refractivity contribution < 1.29 is 8.42 Å². The van der Waals surface area contributed by atoms with Crippen molar-refractivity contribution in [3.63, 3.8) is 0 Å². The van der Waals surface area contributed by atoms with Gasteiger partial charge in [0.1, 0.15) is 0 Å². The predicted octanol–water partition coefficient (Wildman–Crippen LogP) is 2.80. The Hall–Kier alpha value is -0.0900. The van der Waals surface area contributed by atoms with E-state index in [1.165, 1.54) is 0 Å². The van der Waals surface area contributed by atoms with Gasteiger partial charge in [0, 0.05) is 0 Å². The van der Waals surface area contributed by atoms with Gasteiger partial charge in [0.2, 0.25) is 10.0 Å². The van der Waals surface area contributed by atoms with E-state index in [0.717, 1.165) is 51.4 Å². The Morgan fingerprint density at radius 1 is 0.933 bits per heavy atom. The van der Waals surface area contributed by atoms with Crippen molar-refractivity contribution in [2.45, 2.75) is 70.5 Å². The van der Waals surface area contributed by atoms with Crippen LogP contribution in [0.1, 0.15) is 65.2 Å². The summed E-state index contributed by atoms with van der Waals surface area (Å²) in [6.07, 6.45) is 7.85. The highest BCUT2D eigenvalue weighted by Crippen LogP contribution is 2.16. The minimum Gasteiger partial charge on any atom is -0.228 e. The summed E-state index contributed by atoms with van der Waals surface area (Å²) in [5, 5.41) is 4.91. The van der Waals surface area contributed by atoms with E-state index in [9.17, 15) is 8.42 Å². The highest BCUT2D eigenvalue weighted by Gasteiger charge is 2.19. The summed E-state index contributed by atoms with van der Waals surface area (Å²) in [6.45, 7) is 4.23. The molecule has 0 amide bonds. The molecule has 0 aliphatic rings. The number of unbranched alkanes of at least 4 members (excludes halogenated alkanes) is 4. The summed E-state index contributed by atoms with van der Waals surface area (Å²) in [4.78, 5) is 0. The van der Waals surface area contributed by atoms with Crippen molar-refractivity contribution in [1.29, 1.82) is 0 Å². The molecule has 3 nitrogen and oxygen atoms in total. The molecule has 0 aliphatic heterocycles. The van der Waals surface area contributed by atoms with Gasteiger partial charge in [-0.25, -0.2) is 13.6 Å². The third-order valence-corrected chi connectivity index (χ3v) is 4.12. The van der Waals surface area contributed by atoms with Crippen LogP contribution >= 0.6 is 0 Å². The van der Waals surface area contributed by atoms with Crippen LogP contribution in [0.15, 0.2) is 0 Å². The molecule has 15 heavy (non-hydrogen) atoms. The summed E-state index contributed by atoms with van der Waals surface area (Å²) in [6, 6.07) is 0. The van der Waals surface area contributed by atoms with Gasteiger partial charge in [-0.15, -0.1) is 0 Å². The molecular weight excluding hydrogens is 210 g/mol. The van der Waals surface area contributed by atoms with Crippen LogP contribution in [-0.2, 0) is 10.0 Å². The van der Waals surface area contributed by atoms with Gasteiger partial charge in [-0.3, -0.25) is 0 Å². The van der Waals surface area contributed by atoms with E-state index in [1.807, 2.05) is 0 Å². The van der Waals surface area contributed by atoms with Crippen LogP contribution in [0.4, 0.5) is 0 Å². The molecule has 0 rings (SSSR count). The fourth-order valence-corrected chi connectivity index (χ4v) is 2.71. The van der Waals surface area contributed by atoms with Crippen molar-refractivity contribution in [3.8, 4) is 0 Å². The van der Waals surface area contributed by atoms with E-state index < -0.39 is 10.0 Å². The van der Waals surface area contributed by atoms with Crippen LogP contribution < -0.4 is 5.14 Å². The lowest BCUT2D eigenvalue weighted by atomic mass is 10.1. The zero-order chi connectivity index (χ0) is 11.7. The maximum Gasteiger partial charge on any atom is 0.211 e. The minimum atomic E-state index is -3.33. The molecule has 0 aromatic heterocycles. The normalized spacial score (nSPS) is 12.3. The van der Waals surface area contributed by atoms with Gasteiger partial charge >= 0.3 is 0 Å². The lowest BCUT2D eigenvalue weighted by molar-refractivity contribution is 0.530. The Bertz CT molecular complexity index is 227. The molecule has 0 spiro atoms. The van der Waals surface area contributed by atoms with E-state index in [1.54, 1.807) is 0 Å². The van der Waals surface area contributed by atoms with Crippen LogP contribution in [-0.4, -0.2) is 13.7 Å². The summed E-state index contributed by atoms with van der Waals surface area (Å²) >= 11 is 0. The van der Waals surface area contributed by atoms with Crippen molar-refractivity contribution in [2.75, 3.05) is 0 Å². The molecule has 0 aromatic carbocycles. The summed E-state index contributed by atoms with van der Waals surface area (Å²) in [5.74, 6) is 0. The molecule has 92 valence electrons. The maximum absolute atomic E-state index is 11.3. The predicted molar refractivity (Wildman–Crippen MR) is 65.2 cm³/mol. The number of primary sulfonamides is 1. The van der Waals surface area contributed by atoms with Crippen LogP contribution in [0.2, 0.25) is 0 Å². The number of sulfonamides is 1. The average Bonchev–Trinajstić information content (AvgIpc) is 2.14. The van der Waals surface area contributed by atoms with E-state index in [4.69, 9.17) is 5.14 Å². The van der Waals surface area contributed by atoms with Crippen molar-refractivity contribution in [1.82, 2.24) is 0 Å². The third-order valence-electron chi connectivity index (χ3n) is 2.72. The summed E-state index contributed by atoms with van der Waals surface area (Å²) < 4.78 is 22.6. The Balaban J connectivity index is 3.97. The number of rotatable bonds is 9. The van der Waals surface area contributed by atoms with Gasteiger partial charge in [-0.05, 0) is 12.8 Å². The molecule has 0 bridgehead atoms. The Morgan fingerprint density at radius 3 is 1.60 bits per heavy atom. The number of hydrogen-bond acceptors (Lipinski definition) is 2. The molecule has 0 aromatic rings. The lowest BCUT2D eigenvalue weighted by Crippen LogP contribution is -2.28. The van der Waals surface area contributed by atoms with E-state index in [0.29, 0.717) is 0 Å². The first-order valence-electron chi connectivity index (χ1n) is 6.04. The number of hydrogen-bond donors (Lipinski definition) is 1. The van der Waals surface area contributed by atoms with Crippen LogP contribution in [0.3, 0.4) is 0 Å². The average molecular weight is 235 g/mol. The van der Waals surface area contributed by atoms with Gasteiger partial charge < -0.3 is 0 Å². The fourth-order valence-electron chi connectivity index (χ4n) is 1.72. The maximum atomic E-state index is 11.3. The molecular formula is C11H25NO2S. The van der Waals surface area contributed by atoms with Gasteiger partial charge in [-0.1, -0.05) is 52.4 Å². The Labute approximate surface area is 94.5 Å². The monoisotopic (exact) mass is 235 g/mol. The van der Waals surface area contributed by atoms with Gasteiger partial charge in [0.05, 0.1) is 5.25 Å². The topological polar surface area (TPSA) is 60.2 Å². The van der Waals surface area contributed by atoms with Crippen LogP contribution in [0.25, 0.3) is 0 Å². The molecule has 2 N–H and O–H groups in total. The molecule has 0 fully saturated rings. The quantitative estimate of drug-likeness (QED) is 0.625. The van der Waals surface area contributed by atoms with Crippen molar-refractivity contribution >= 4 is 10.0 Å². The zero-order valence-electron chi connectivity index (χ0n) is 10.0. The van der Waals surface area contributed by atoms with E-state index >= 15 is 0 Å². The first-order chi connectivity index (χ1) is 7.02. The first kappa shape index (κ1) is 14.9. The highest BCUT2D eigenvalue weighted by atomic mass is 32.2. The molecule has 0 heterocycles. The summed E-state index contributed by atoms with van der Waals surface area (Å²) in [5.41, 5.74) is 0. The Morgan fingerprint density at radius 2 is 1.33 bits per heavy atom. The van der Waals surface area contributed by atoms with Crippen molar-refractivity contribution in [3.05, 3.63) is 0 Å². The molecule has 0 radical (unpaired) electrons. The van der Waals surface area contributed by atoms with Gasteiger partial charge in [0.25, 0.3) is 0 Å². The van der Waals surface area contributed by atoms with Gasteiger partial charge in [0.15, 0.2) is 0 Å². The molecule has 0 saturated carbocycles. The standard InChI is InChI=1S/C11H25NO2S/c1-3-5-7-9-11(15(12,13)14)10-8-6-4-2/h11H,3-10H2,1-2H3,(H2,12,13,14). The third kappa shape index (κ3) is 7.79. The number of nitrogens with two attached hydrogens (primary N) is 1. The van der Waals surface area contributed by atoms with E-state index in [-0.39, 0.29) is 5.25 Å². The van der Waals surface area contributed by atoms with E-state index in [2.05, 4.69) is 13.8 Å². The molecule has 0 saturated heterocycles. The minimum absolute atomic E-state index is 0.310. The van der Waals surface area contributed by atoms with Crippen LogP contribution in [0.5, 0.6) is 0 Å². The first-order valence-corrected chi connectivity index (χ1v) is 7.64. The zero-order valence-corrected chi connectivity index (χ0v) is 10.9. The highest BCUT2D eigenvalue weighted by molar-refractivity contribution is 7.89. The largest absolute Gasteiger partial charge is 0.228 e. The summed E-state index contributed by atoms with van der Waals surface area (Å²) in [7, 11) is -3.33. The van der Waals surface area contributed by atoms with Crippen molar-refractivity contribution in [2.24, 2.45) is 5.14 Å². The lowest BCUT2D eigenvalue weighted by Gasteiger charge is -2.13. The molecule has 0 aliphatic carbocycles. The molecule has 0 unspecified atom stereocenters. The molecule has 0 atom stereocenters. The smallest absolute Gasteiger partial charge is 0.211 e. The Kier molecular flexibility index (Phi) is 8.06. The second kappa shape index (κ2) is 8.11.